The quantitative estimate of drug-likeness (QED) is 0.757. The predicted octanol–water partition coefficient (Wildman–Crippen LogP) is 2.83. The fourth-order valence-corrected chi connectivity index (χ4v) is 4.45. The number of rotatable bonds is 6. The van der Waals surface area contributed by atoms with Crippen molar-refractivity contribution in [2.24, 2.45) is 5.73 Å². The van der Waals surface area contributed by atoms with E-state index in [1.807, 2.05) is 0 Å². The van der Waals surface area contributed by atoms with Crippen LogP contribution in [-0.2, 0) is 15.6 Å². The fraction of sp³-hybridized carbons (Fsp3) is 0.444. The largest absolute Gasteiger partial charge is 0.335 e. The van der Waals surface area contributed by atoms with E-state index < -0.39 is 15.6 Å². The Morgan fingerprint density at radius 1 is 1.15 bits per heavy atom. The highest BCUT2D eigenvalue weighted by Crippen LogP contribution is 2.34. The van der Waals surface area contributed by atoms with Crippen molar-refractivity contribution in [2.45, 2.75) is 55.0 Å². The molecule has 2 fully saturated rings. The summed E-state index contributed by atoms with van der Waals surface area (Å²) >= 11 is 0. The van der Waals surface area contributed by atoms with Gasteiger partial charge in [0, 0.05) is 12.1 Å². The molecule has 27 heavy (non-hydrogen) atoms. The highest BCUT2D eigenvalue weighted by atomic mass is 35.5. The first-order valence-corrected chi connectivity index (χ1v) is 10.4. The minimum absolute atomic E-state index is 0. The predicted molar refractivity (Wildman–Crippen MR) is 105 cm³/mol. The molecule has 0 atom stereocenters. The van der Waals surface area contributed by atoms with Gasteiger partial charge in [0.15, 0.2) is 5.82 Å². The van der Waals surface area contributed by atoms with E-state index in [9.17, 15) is 8.42 Å². The van der Waals surface area contributed by atoms with E-state index in [1.165, 1.54) is 0 Å². The van der Waals surface area contributed by atoms with E-state index in [2.05, 4.69) is 14.9 Å². The van der Waals surface area contributed by atoms with Crippen molar-refractivity contribution in [3.8, 4) is 0 Å². The smallest absolute Gasteiger partial charge is 0.250 e. The standard InChI is InChI=1S/C18H22N4O3S.ClH/c19-18(11-1-2-12-18)17-20-16(25-21-17)10-5-13-3-8-15(9-4-13)26(23,24)22-14-6-7-14;/h3-5,8-10,14,22H,1-2,6-7,11-12,19H2;1H/b10-5+;. The molecule has 2 aliphatic rings. The van der Waals surface area contributed by atoms with E-state index in [0.29, 0.717) is 11.7 Å². The van der Waals surface area contributed by atoms with Crippen molar-refractivity contribution >= 4 is 34.6 Å². The van der Waals surface area contributed by atoms with Crippen molar-refractivity contribution in [3.05, 3.63) is 41.5 Å². The van der Waals surface area contributed by atoms with E-state index in [4.69, 9.17) is 10.3 Å². The highest BCUT2D eigenvalue weighted by Gasteiger charge is 2.35. The van der Waals surface area contributed by atoms with Crippen molar-refractivity contribution in [1.82, 2.24) is 14.9 Å². The van der Waals surface area contributed by atoms with Gasteiger partial charge in [-0.3, -0.25) is 0 Å². The van der Waals surface area contributed by atoms with Gasteiger partial charge in [0.05, 0.1) is 10.4 Å². The molecule has 0 unspecified atom stereocenters. The molecule has 2 saturated carbocycles. The Bertz CT molecular complexity index is 914. The van der Waals surface area contributed by atoms with Gasteiger partial charge in [-0.15, -0.1) is 12.4 Å². The van der Waals surface area contributed by atoms with Gasteiger partial charge >= 0.3 is 0 Å². The summed E-state index contributed by atoms with van der Waals surface area (Å²) in [6.07, 6.45) is 9.26. The number of aromatic nitrogens is 2. The maximum atomic E-state index is 12.2. The summed E-state index contributed by atoms with van der Waals surface area (Å²) in [5.74, 6) is 0.950. The lowest BCUT2D eigenvalue weighted by Gasteiger charge is -2.17. The van der Waals surface area contributed by atoms with Crippen LogP contribution in [0.1, 0.15) is 55.8 Å². The minimum Gasteiger partial charge on any atom is -0.335 e. The van der Waals surface area contributed by atoms with Crippen LogP contribution in [-0.4, -0.2) is 24.6 Å². The second kappa shape index (κ2) is 7.71. The summed E-state index contributed by atoms with van der Waals surface area (Å²) in [7, 11) is -3.42. The number of benzene rings is 1. The molecule has 4 rings (SSSR count). The lowest BCUT2D eigenvalue weighted by Crippen LogP contribution is -2.34. The molecule has 3 N–H and O–H groups in total. The van der Waals surface area contributed by atoms with Crippen LogP contribution < -0.4 is 10.5 Å². The zero-order chi connectivity index (χ0) is 18.2. The van der Waals surface area contributed by atoms with Gasteiger partial charge in [0.25, 0.3) is 5.89 Å². The van der Waals surface area contributed by atoms with Gasteiger partial charge < -0.3 is 10.3 Å². The first-order chi connectivity index (χ1) is 12.4. The highest BCUT2D eigenvalue weighted by molar-refractivity contribution is 7.89. The van der Waals surface area contributed by atoms with Gasteiger partial charge in [-0.25, -0.2) is 13.1 Å². The number of halogens is 1. The van der Waals surface area contributed by atoms with E-state index in [-0.39, 0.29) is 23.3 Å². The maximum Gasteiger partial charge on any atom is 0.250 e. The number of hydrogen-bond donors (Lipinski definition) is 2. The Hall–Kier alpha value is -1.74. The molecule has 0 amide bonds. The molecule has 2 aromatic rings. The second-order valence-electron chi connectivity index (χ2n) is 7.12. The van der Waals surface area contributed by atoms with E-state index in [1.54, 1.807) is 36.4 Å². The molecule has 0 radical (unpaired) electrons. The van der Waals surface area contributed by atoms with Crippen molar-refractivity contribution in [3.63, 3.8) is 0 Å². The SMILES string of the molecule is Cl.NC1(c2noc(/C=C/c3ccc(S(=O)(=O)NC4CC4)cc3)n2)CCCC1. The average Bonchev–Trinajstić information content (AvgIpc) is 3.11. The topological polar surface area (TPSA) is 111 Å². The Labute approximate surface area is 164 Å². The molecule has 1 aromatic heterocycles. The Morgan fingerprint density at radius 3 is 2.44 bits per heavy atom. The van der Waals surface area contributed by atoms with Crippen LogP contribution in [0, 0.1) is 0 Å². The zero-order valence-electron chi connectivity index (χ0n) is 14.8. The third kappa shape index (κ3) is 4.57. The van der Waals surface area contributed by atoms with Gasteiger partial charge in [-0.05, 0) is 49.5 Å². The molecule has 2 aliphatic carbocycles. The normalized spacial score (nSPS) is 19.3. The number of hydrogen-bond acceptors (Lipinski definition) is 6. The molecule has 0 spiro atoms. The lowest BCUT2D eigenvalue weighted by atomic mass is 9.99. The minimum atomic E-state index is -3.42. The number of sulfonamides is 1. The molecule has 7 nitrogen and oxygen atoms in total. The van der Waals surface area contributed by atoms with Gasteiger partial charge in [0.1, 0.15) is 0 Å². The van der Waals surface area contributed by atoms with Crippen LogP contribution in [0.15, 0.2) is 33.7 Å². The molecular formula is C18H23ClN4O3S. The number of nitrogens with two attached hydrogens (primary N) is 1. The summed E-state index contributed by atoms with van der Waals surface area (Å²) in [6, 6.07) is 6.78. The van der Waals surface area contributed by atoms with Gasteiger partial charge in [0.2, 0.25) is 10.0 Å². The fourth-order valence-electron chi connectivity index (χ4n) is 3.15. The van der Waals surface area contributed by atoms with Crippen LogP contribution in [0.25, 0.3) is 12.2 Å². The Kier molecular flexibility index (Phi) is 5.71. The summed E-state index contributed by atoms with van der Waals surface area (Å²) in [4.78, 5) is 4.65. The summed E-state index contributed by atoms with van der Waals surface area (Å²) in [5.41, 5.74) is 6.70. The molecule has 146 valence electrons. The molecule has 9 heteroatoms. The average molecular weight is 411 g/mol. The third-order valence-corrected chi connectivity index (χ3v) is 6.43. The molecule has 0 saturated heterocycles. The van der Waals surface area contributed by atoms with Crippen LogP contribution in [0.3, 0.4) is 0 Å². The van der Waals surface area contributed by atoms with Crippen molar-refractivity contribution in [2.75, 3.05) is 0 Å². The molecule has 1 aromatic carbocycles. The van der Waals surface area contributed by atoms with Crippen molar-refractivity contribution < 1.29 is 12.9 Å². The second-order valence-corrected chi connectivity index (χ2v) is 8.83. The Morgan fingerprint density at radius 2 is 1.81 bits per heavy atom. The number of nitrogens with one attached hydrogen (secondary N) is 1. The van der Waals surface area contributed by atoms with Crippen LogP contribution in [0.4, 0.5) is 0 Å². The molecular weight excluding hydrogens is 388 g/mol. The van der Waals surface area contributed by atoms with Crippen molar-refractivity contribution in [1.29, 1.82) is 0 Å². The van der Waals surface area contributed by atoms with Crippen LogP contribution in [0.5, 0.6) is 0 Å². The summed E-state index contributed by atoms with van der Waals surface area (Å²) < 4.78 is 32.2. The van der Waals surface area contributed by atoms with E-state index >= 15 is 0 Å². The maximum absolute atomic E-state index is 12.2. The van der Waals surface area contributed by atoms with Gasteiger partial charge in [-0.2, -0.15) is 4.98 Å². The van der Waals surface area contributed by atoms with Crippen LogP contribution in [0.2, 0.25) is 0 Å². The first kappa shape index (κ1) is 20.0. The molecule has 0 aliphatic heterocycles. The third-order valence-electron chi connectivity index (χ3n) is 4.89. The zero-order valence-corrected chi connectivity index (χ0v) is 16.4. The number of nitrogens with zero attached hydrogens (tertiary/aromatic N) is 2. The van der Waals surface area contributed by atoms with Crippen LogP contribution >= 0.6 is 12.4 Å². The van der Waals surface area contributed by atoms with E-state index in [0.717, 1.165) is 44.1 Å². The first-order valence-electron chi connectivity index (χ1n) is 8.88. The molecule has 1 heterocycles. The summed E-state index contributed by atoms with van der Waals surface area (Å²) in [5, 5.41) is 4.01. The monoisotopic (exact) mass is 410 g/mol. The van der Waals surface area contributed by atoms with Gasteiger partial charge in [-0.1, -0.05) is 30.1 Å². The summed E-state index contributed by atoms with van der Waals surface area (Å²) in [6.45, 7) is 0. The lowest BCUT2D eigenvalue weighted by molar-refractivity contribution is 0.364. The Balaban J connectivity index is 0.00000210. The molecule has 0 bridgehead atoms.